The minimum atomic E-state index is -0.292. The van der Waals surface area contributed by atoms with Crippen LogP contribution in [0.1, 0.15) is 32.6 Å². The van der Waals surface area contributed by atoms with E-state index in [1.807, 2.05) is 54.3 Å². The number of rotatable bonds is 6. The smallest absolute Gasteiger partial charge is 0.239 e. The molecule has 1 saturated heterocycles. The summed E-state index contributed by atoms with van der Waals surface area (Å²) in [7, 11) is 1.83. The van der Waals surface area contributed by atoms with E-state index in [1.54, 1.807) is 11.8 Å². The number of nitrogens with one attached hydrogen (secondary N) is 1. The third-order valence-electron chi connectivity index (χ3n) is 4.71. The van der Waals surface area contributed by atoms with Gasteiger partial charge in [-0.3, -0.25) is 14.5 Å². The molecule has 0 aromatic heterocycles. The molecular weight excluding hydrogens is 334 g/mol. The summed E-state index contributed by atoms with van der Waals surface area (Å²) in [6, 6.07) is 7.45. The van der Waals surface area contributed by atoms with Crippen molar-refractivity contribution in [2.75, 3.05) is 38.3 Å². The normalized spacial score (nSPS) is 16.4. The first-order chi connectivity index (χ1) is 12.0. The number of likely N-dealkylation sites (tertiary alicyclic amines) is 1. The molecule has 2 amide bonds. The van der Waals surface area contributed by atoms with Gasteiger partial charge in [0.1, 0.15) is 0 Å². The predicted octanol–water partition coefficient (Wildman–Crippen LogP) is 3.07. The van der Waals surface area contributed by atoms with Crippen LogP contribution < -0.4 is 5.32 Å². The Labute approximate surface area is 155 Å². The molecule has 0 radical (unpaired) electrons. The topological polar surface area (TPSA) is 52.7 Å². The Balaban J connectivity index is 1.90. The molecule has 1 heterocycles. The molecule has 2 rings (SSSR count). The molecule has 1 atom stereocenters. The molecule has 138 valence electrons. The van der Waals surface area contributed by atoms with E-state index in [-0.39, 0.29) is 24.4 Å². The maximum absolute atomic E-state index is 12.7. The first kappa shape index (κ1) is 19.8. The van der Waals surface area contributed by atoms with Crippen LogP contribution in [0.25, 0.3) is 0 Å². The van der Waals surface area contributed by atoms with Gasteiger partial charge in [0.15, 0.2) is 0 Å². The second-order valence-electron chi connectivity index (χ2n) is 6.58. The zero-order valence-electron chi connectivity index (χ0n) is 15.5. The number of likely N-dealkylation sites (N-methyl/N-ethyl adjacent to an activating group) is 1. The minimum Gasteiger partial charge on any atom is -0.341 e. The number of anilines is 1. The van der Waals surface area contributed by atoms with Gasteiger partial charge >= 0.3 is 0 Å². The Morgan fingerprint density at radius 1 is 1.20 bits per heavy atom. The predicted molar refractivity (Wildman–Crippen MR) is 104 cm³/mol. The summed E-state index contributed by atoms with van der Waals surface area (Å²) in [4.78, 5) is 29.9. The van der Waals surface area contributed by atoms with Gasteiger partial charge in [0.05, 0.1) is 18.3 Å². The van der Waals surface area contributed by atoms with Crippen LogP contribution in [0.5, 0.6) is 0 Å². The molecule has 0 aliphatic carbocycles. The zero-order valence-corrected chi connectivity index (χ0v) is 16.3. The minimum absolute atomic E-state index is 0.0977. The SMILES string of the molecule is CSc1ccccc1NC(=O)CN(C)C(C)C(=O)N1CCCCCC1. The monoisotopic (exact) mass is 363 g/mol. The van der Waals surface area contributed by atoms with Crippen molar-refractivity contribution in [1.29, 1.82) is 0 Å². The van der Waals surface area contributed by atoms with Crippen molar-refractivity contribution in [2.45, 2.75) is 43.5 Å². The molecule has 1 aliphatic heterocycles. The molecule has 1 aliphatic rings. The average molecular weight is 364 g/mol. The standard InChI is InChI=1S/C19H29N3O2S/c1-15(19(24)22-12-8-4-5-9-13-22)21(2)14-18(23)20-16-10-6-7-11-17(16)25-3/h6-7,10-11,15H,4-5,8-9,12-14H2,1-3H3,(H,20,23). The van der Waals surface area contributed by atoms with E-state index in [0.29, 0.717) is 0 Å². The quantitative estimate of drug-likeness (QED) is 0.789. The Bertz CT molecular complexity index is 586. The van der Waals surface area contributed by atoms with E-state index in [0.717, 1.165) is 36.5 Å². The number of thioether (sulfide) groups is 1. The lowest BCUT2D eigenvalue weighted by molar-refractivity contribution is -0.136. The molecule has 0 bridgehead atoms. The summed E-state index contributed by atoms with van der Waals surface area (Å²) in [6.07, 6.45) is 6.54. The molecule has 6 heteroatoms. The summed E-state index contributed by atoms with van der Waals surface area (Å²) in [5, 5.41) is 2.95. The van der Waals surface area contributed by atoms with E-state index in [1.165, 1.54) is 12.8 Å². The molecule has 0 saturated carbocycles. The van der Waals surface area contributed by atoms with Crippen molar-refractivity contribution in [3.63, 3.8) is 0 Å². The zero-order chi connectivity index (χ0) is 18.2. The van der Waals surface area contributed by atoms with Gasteiger partial charge in [0.2, 0.25) is 11.8 Å². The second kappa shape index (κ2) is 9.82. The number of benzene rings is 1. The fourth-order valence-corrected chi connectivity index (χ4v) is 3.60. The molecule has 1 unspecified atom stereocenters. The first-order valence-corrected chi connectivity index (χ1v) is 10.2. The van der Waals surface area contributed by atoms with Crippen LogP contribution >= 0.6 is 11.8 Å². The van der Waals surface area contributed by atoms with Crippen molar-refractivity contribution in [2.24, 2.45) is 0 Å². The molecule has 1 N–H and O–H groups in total. The van der Waals surface area contributed by atoms with E-state index < -0.39 is 0 Å². The summed E-state index contributed by atoms with van der Waals surface area (Å²) in [5.74, 6) is 0.0289. The molecule has 0 spiro atoms. The largest absolute Gasteiger partial charge is 0.341 e. The summed E-state index contributed by atoms with van der Waals surface area (Å²) >= 11 is 1.60. The van der Waals surface area contributed by atoms with Crippen LogP contribution in [0.4, 0.5) is 5.69 Å². The average Bonchev–Trinajstić information content (AvgIpc) is 2.90. The van der Waals surface area contributed by atoms with Crippen molar-refractivity contribution >= 4 is 29.3 Å². The summed E-state index contributed by atoms with van der Waals surface area (Å²) in [6.45, 7) is 3.76. The number of hydrogen-bond donors (Lipinski definition) is 1. The van der Waals surface area contributed by atoms with E-state index in [4.69, 9.17) is 0 Å². The van der Waals surface area contributed by atoms with Gasteiger partial charge in [-0.15, -0.1) is 11.8 Å². The third-order valence-corrected chi connectivity index (χ3v) is 5.51. The van der Waals surface area contributed by atoms with Gasteiger partial charge in [-0.05, 0) is 45.2 Å². The van der Waals surface area contributed by atoms with Gasteiger partial charge in [-0.2, -0.15) is 0 Å². The van der Waals surface area contributed by atoms with Gasteiger partial charge in [0.25, 0.3) is 0 Å². The summed E-state index contributed by atoms with van der Waals surface area (Å²) in [5.41, 5.74) is 0.819. The van der Waals surface area contributed by atoms with Gasteiger partial charge in [0, 0.05) is 18.0 Å². The van der Waals surface area contributed by atoms with Crippen molar-refractivity contribution in [3.8, 4) is 0 Å². The highest BCUT2D eigenvalue weighted by molar-refractivity contribution is 7.98. The Morgan fingerprint density at radius 3 is 2.48 bits per heavy atom. The van der Waals surface area contributed by atoms with Gasteiger partial charge in [-0.1, -0.05) is 25.0 Å². The summed E-state index contributed by atoms with van der Waals surface area (Å²) < 4.78 is 0. The molecular formula is C19H29N3O2S. The maximum Gasteiger partial charge on any atom is 0.239 e. The highest BCUT2D eigenvalue weighted by Gasteiger charge is 2.25. The van der Waals surface area contributed by atoms with Crippen molar-refractivity contribution < 1.29 is 9.59 Å². The number of carbonyl (C=O) groups is 2. The lowest BCUT2D eigenvalue weighted by Crippen LogP contribution is -2.48. The van der Waals surface area contributed by atoms with Gasteiger partial charge < -0.3 is 10.2 Å². The molecule has 5 nitrogen and oxygen atoms in total. The highest BCUT2D eigenvalue weighted by atomic mass is 32.2. The van der Waals surface area contributed by atoms with Crippen molar-refractivity contribution in [3.05, 3.63) is 24.3 Å². The van der Waals surface area contributed by atoms with Crippen LogP contribution in [0.15, 0.2) is 29.2 Å². The third kappa shape index (κ3) is 5.75. The van der Waals surface area contributed by atoms with Gasteiger partial charge in [-0.25, -0.2) is 0 Å². The van der Waals surface area contributed by atoms with Crippen molar-refractivity contribution in [1.82, 2.24) is 9.80 Å². The maximum atomic E-state index is 12.7. The second-order valence-corrected chi connectivity index (χ2v) is 7.43. The van der Waals surface area contributed by atoms with Crippen LogP contribution in [0, 0.1) is 0 Å². The van der Waals surface area contributed by atoms with Crippen LogP contribution in [-0.4, -0.2) is 60.6 Å². The number of amides is 2. The van der Waals surface area contributed by atoms with Crippen LogP contribution in [0.3, 0.4) is 0 Å². The fraction of sp³-hybridized carbons (Fsp3) is 0.579. The molecule has 25 heavy (non-hydrogen) atoms. The van der Waals surface area contributed by atoms with E-state index >= 15 is 0 Å². The first-order valence-electron chi connectivity index (χ1n) is 8.95. The fourth-order valence-electron chi connectivity index (χ4n) is 3.04. The lowest BCUT2D eigenvalue weighted by Gasteiger charge is -2.29. The Morgan fingerprint density at radius 2 is 1.84 bits per heavy atom. The Hall–Kier alpha value is -1.53. The lowest BCUT2D eigenvalue weighted by atomic mass is 10.2. The van der Waals surface area contributed by atoms with E-state index in [9.17, 15) is 9.59 Å². The van der Waals surface area contributed by atoms with E-state index in [2.05, 4.69) is 5.32 Å². The molecule has 1 fully saturated rings. The highest BCUT2D eigenvalue weighted by Crippen LogP contribution is 2.24. The van der Waals surface area contributed by atoms with Crippen LogP contribution in [0.2, 0.25) is 0 Å². The number of carbonyl (C=O) groups excluding carboxylic acids is 2. The van der Waals surface area contributed by atoms with Crippen LogP contribution in [-0.2, 0) is 9.59 Å². The Kier molecular flexibility index (Phi) is 7.78. The molecule has 1 aromatic rings. The molecule has 1 aromatic carbocycles. The number of nitrogens with zero attached hydrogens (tertiary/aromatic N) is 2. The number of para-hydroxylation sites is 1. The number of hydrogen-bond acceptors (Lipinski definition) is 4.